The molecule has 0 radical (unpaired) electrons. The molecule has 2 aliphatic rings. The van der Waals surface area contributed by atoms with Gasteiger partial charge in [-0.2, -0.15) is 0 Å². The molecule has 0 unspecified atom stereocenters. The molecule has 0 atom stereocenters. The summed E-state index contributed by atoms with van der Waals surface area (Å²) in [4.78, 5) is 41.6. The summed E-state index contributed by atoms with van der Waals surface area (Å²) in [5.74, 6) is 1.09. The topological polar surface area (TPSA) is 103 Å². The second-order valence-electron chi connectivity index (χ2n) is 11.0. The third kappa shape index (κ3) is 4.64. The Morgan fingerprint density at radius 3 is 2.85 bits per heavy atom. The van der Waals surface area contributed by atoms with E-state index in [2.05, 4.69) is 27.0 Å². The minimum Gasteiger partial charge on any atom is -0.338 e. The van der Waals surface area contributed by atoms with Gasteiger partial charge in [0, 0.05) is 50.9 Å². The number of aryl methyl sites for hydroxylation is 1. The summed E-state index contributed by atoms with van der Waals surface area (Å²) in [5.41, 5.74) is 5.35. The van der Waals surface area contributed by atoms with Crippen molar-refractivity contribution in [3.8, 4) is 11.5 Å². The molecule has 10 nitrogen and oxygen atoms in total. The lowest BCUT2D eigenvalue weighted by Gasteiger charge is -2.27. The van der Waals surface area contributed by atoms with E-state index in [0.29, 0.717) is 42.9 Å². The van der Waals surface area contributed by atoms with Crippen LogP contribution in [0.4, 0.5) is 10.1 Å². The van der Waals surface area contributed by atoms with Gasteiger partial charge in [-0.3, -0.25) is 14.0 Å². The van der Waals surface area contributed by atoms with E-state index in [0.717, 1.165) is 46.0 Å². The molecule has 0 spiro atoms. The Kier molecular flexibility index (Phi) is 6.29. The summed E-state index contributed by atoms with van der Waals surface area (Å²) in [5, 5.41) is 4.12. The van der Waals surface area contributed by atoms with Crippen molar-refractivity contribution in [1.29, 1.82) is 0 Å². The van der Waals surface area contributed by atoms with Crippen molar-refractivity contribution in [2.24, 2.45) is 13.0 Å². The van der Waals surface area contributed by atoms with E-state index < -0.39 is 6.67 Å². The van der Waals surface area contributed by atoms with Gasteiger partial charge in [-0.25, -0.2) is 15.0 Å². The number of imidazole rings is 2. The predicted molar refractivity (Wildman–Crippen MR) is 153 cm³/mol. The Labute approximate surface area is 235 Å². The van der Waals surface area contributed by atoms with Gasteiger partial charge in [-0.1, -0.05) is 12.1 Å². The van der Waals surface area contributed by atoms with Gasteiger partial charge in [-0.15, -0.1) is 0 Å². The maximum absolute atomic E-state index is 13.1. The van der Waals surface area contributed by atoms with Crippen LogP contribution in [0.1, 0.15) is 35.3 Å². The van der Waals surface area contributed by atoms with Gasteiger partial charge in [0.25, 0.3) is 5.91 Å². The number of halogens is 1. The average Bonchev–Trinajstić information content (AvgIpc) is 3.34. The Morgan fingerprint density at radius 1 is 1.20 bits per heavy atom. The molecule has 5 aromatic rings. The summed E-state index contributed by atoms with van der Waals surface area (Å²) in [7, 11) is 1.95. The molecule has 1 saturated carbocycles. The first-order valence-corrected chi connectivity index (χ1v) is 14.1. The van der Waals surface area contributed by atoms with Gasteiger partial charge in [0.05, 0.1) is 41.2 Å². The number of nitrogens with zero attached hydrogens (tertiary/aromatic N) is 7. The highest BCUT2D eigenvalue weighted by Crippen LogP contribution is 2.38. The fraction of sp³-hybridized carbons (Fsp3) is 0.367. The lowest BCUT2D eigenvalue weighted by atomic mass is 10.0. The zero-order valence-corrected chi connectivity index (χ0v) is 22.9. The van der Waals surface area contributed by atoms with E-state index in [1.807, 2.05) is 29.8 Å². The number of hydrogen-bond acceptors (Lipinski definition) is 5. The molecule has 2 amide bonds. The number of para-hydroxylation sites is 1. The number of hydrogen-bond donors (Lipinski definition) is 1. The van der Waals surface area contributed by atoms with Crippen LogP contribution >= 0.6 is 0 Å². The Hall–Kier alpha value is -4.54. The number of anilines is 1. The second kappa shape index (κ2) is 10.1. The van der Waals surface area contributed by atoms with Gasteiger partial charge >= 0.3 is 0 Å². The fourth-order valence-electron chi connectivity index (χ4n) is 5.82. The average molecular weight is 555 g/mol. The summed E-state index contributed by atoms with van der Waals surface area (Å²) >= 11 is 0. The van der Waals surface area contributed by atoms with Crippen molar-refractivity contribution in [2.45, 2.75) is 38.8 Å². The summed E-state index contributed by atoms with van der Waals surface area (Å²) in [6.45, 7) is 1.51. The van der Waals surface area contributed by atoms with Crippen molar-refractivity contribution in [2.75, 3.05) is 25.1 Å². The van der Waals surface area contributed by atoms with E-state index in [1.54, 1.807) is 28.2 Å². The normalized spacial score (nSPS) is 15.2. The molecular formula is C30H31FN8O2. The van der Waals surface area contributed by atoms with Gasteiger partial charge in [-0.05, 0) is 43.4 Å². The molecule has 4 aromatic heterocycles. The molecule has 0 bridgehead atoms. The first kappa shape index (κ1) is 25.4. The summed E-state index contributed by atoms with van der Waals surface area (Å²) in [6.07, 6.45) is 8.36. The van der Waals surface area contributed by atoms with Crippen molar-refractivity contribution < 1.29 is 14.0 Å². The third-order valence-electron chi connectivity index (χ3n) is 8.07. The Morgan fingerprint density at radius 2 is 2.07 bits per heavy atom. The SMILES string of the molecule is Cn1c(-c2cc3cccc(NC(=O)Cn4ccnc4)c3n2CC2CC2)nc2cc3c(nc21)CCN(CCCF)C3=O. The number of alkyl halides is 1. The number of benzene rings is 1. The number of rotatable bonds is 9. The Balaban J connectivity index is 1.30. The number of nitrogens with one attached hydrogen (secondary N) is 1. The first-order chi connectivity index (χ1) is 20.0. The zero-order valence-electron chi connectivity index (χ0n) is 22.9. The molecule has 11 heteroatoms. The third-order valence-corrected chi connectivity index (χ3v) is 8.07. The van der Waals surface area contributed by atoms with Crippen LogP contribution in [0.2, 0.25) is 0 Å². The zero-order chi connectivity index (χ0) is 28.1. The fourth-order valence-corrected chi connectivity index (χ4v) is 5.82. The molecule has 1 aromatic carbocycles. The lowest BCUT2D eigenvalue weighted by molar-refractivity contribution is -0.116. The van der Waals surface area contributed by atoms with E-state index in [1.165, 1.54) is 12.8 Å². The number of fused-ring (bicyclic) bond motifs is 3. The molecular weight excluding hydrogens is 523 g/mol. The quantitative estimate of drug-likeness (QED) is 0.294. The molecule has 0 saturated heterocycles. The van der Waals surface area contributed by atoms with Crippen LogP contribution in [-0.4, -0.2) is 65.1 Å². The highest BCUT2D eigenvalue weighted by Gasteiger charge is 2.29. The van der Waals surface area contributed by atoms with Crippen molar-refractivity contribution in [3.63, 3.8) is 0 Å². The molecule has 41 heavy (non-hydrogen) atoms. The van der Waals surface area contributed by atoms with E-state index >= 15 is 0 Å². The second-order valence-corrected chi connectivity index (χ2v) is 11.0. The molecule has 210 valence electrons. The number of pyridine rings is 1. The summed E-state index contributed by atoms with van der Waals surface area (Å²) in [6, 6.07) is 9.89. The van der Waals surface area contributed by atoms with Crippen molar-refractivity contribution in [1.82, 2.24) is 33.6 Å². The number of amides is 2. The van der Waals surface area contributed by atoms with Crippen LogP contribution in [0.15, 0.2) is 49.1 Å². The maximum atomic E-state index is 13.1. The monoisotopic (exact) mass is 554 g/mol. The van der Waals surface area contributed by atoms with Crippen LogP contribution < -0.4 is 5.32 Å². The number of carbonyl (C=O) groups excluding carboxylic acids is 2. The highest BCUT2D eigenvalue weighted by atomic mass is 19.1. The van der Waals surface area contributed by atoms with E-state index in [4.69, 9.17) is 9.97 Å². The van der Waals surface area contributed by atoms with Crippen LogP contribution in [0.5, 0.6) is 0 Å². The smallest absolute Gasteiger partial charge is 0.255 e. The predicted octanol–water partition coefficient (Wildman–Crippen LogP) is 4.19. The van der Waals surface area contributed by atoms with Gasteiger partial charge < -0.3 is 23.9 Å². The Bertz CT molecular complexity index is 1780. The van der Waals surface area contributed by atoms with E-state index in [-0.39, 0.29) is 18.4 Å². The van der Waals surface area contributed by atoms with Crippen molar-refractivity contribution in [3.05, 3.63) is 60.3 Å². The lowest BCUT2D eigenvalue weighted by Crippen LogP contribution is -2.38. The molecule has 1 aliphatic carbocycles. The van der Waals surface area contributed by atoms with Crippen LogP contribution in [0.25, 0.3) is 33.6 Å². The van der Waals surface area contributed by atoms with Crippen LogP contribution in [-0.2, 0) is 31.4 Å². The largest absolute Gasteiger partial charge is 0.338 e. The van der Waals surface area contributed by atoms with Gasteiger partial charge in [0.15, 0.2) is 11.5 Å². The van der Waals surface area contributed by atoms with E-state index in [9.17, 15) is 14.0 Å². The van der Waals surface area contributed by atoms with Gasteiger partial charge in [0.2, 0.25) is 5.91 Å². The number of carbonyl (C=O) groups is 2. The minimum atomic E-state index is -0.442. The molecule has 1 aliphatic heterocycles. The molecule has 5 heterocycles. The van der Waals surface area contributed by atoms with Crippen LogP contribution in [0.3, 0.4) is 0 Å². The van der Waals surface area contributed by atoms with Gasteiger partial charge in [0.1, 0.15) is 12.1 Å². The number of aromatic nitrogens is 6. The molecule has 1 N–H and O–H groups in total. The highest BCUT2D eigenvalue weighted by molar-refractivity contribution is 6.03. The molecule has 1 fully saturated rings. The molecule has 7 rings (SSSR count). The minimum absolute atomic E-state index is 0.111. The summed E-state index contributed by atoms with van der Waals surface area (Å²) < 4.78 is 18.8. The first-order valence-electron chi connectivity index (χ1n) is 14.1. The maximum Gasteiger partial charge on any atom is 0.255 e. The van der Waals surface area contributed by atoms with Crippen molar-refractivity contribution >= 4 is 39.6 Å². The van der Waals surface area contributed by atoms with Crippen LogP contribution in [0, 0.1) is 5.92 Å². The standard InChI is InChI=1S/C30H31FN8O2/c1-36-28-24(15-21-22(34-28)8-12-38(30(21)41)11-3-9-31)35-29(36)25-14-20-4-2-5-23(27(20)39(25)16-19-6-7-19)33-26(40)17-37-13-10-32-18-37/h2,4-5,10,13-15,18-19H,3,6-9,11-12,16-17H2,1H3,(H,33,40).